The Balaban J connectivity index is 0.000000345. The van der Waals surface area contributed by atoms with Crippen molar-refractivity contribution < 1.29 is 50.9 Å². The van der Waals surface area contributed by atoms with Crippen molar-refractivity contribution in [3.05, 3.63) is 54.9 Å². The molecule has 3 aromatic rings. The van der Waals surface area contributed by atoms with Gasteiger partial charge in [-0.1, -0.05) is 0 Å². The number of hydrogen-bond donors (Lipinski definition) is 2. The summed E-state index contributed by atoms with van der Waals surface area (Å²) in [5, 5.41) is 14.2. The first-order valence-corrected chi connectivity index (χ1v) is 14.0. The molecule has 5 rings (SSSR count). The summed E-state index contributed by atoms with van der Waals surface area (Å²) in [7, 11) is 4.24. The third-order valence-electron chi connectivity index (χ3n) is 7.14. The maximum absolute atomic E-state index is 13.4. The molecule has 0 radical (unpaired) electrons. The van der Waals surface area contributed by atoms with Crippen LogP contribution in [0.3, 0.4) is 0 Å². The number of alkyl halides is 6. The summed E-state index contributed by atoms with van der Waals surface area (Å²) in [5.41, 5.74) is 3.59. The van der Waals surface area contributed by atoms with Gasteiger partial charge in [-0.25, -0.2) is 19.6 Å². The summed E-state index contributed by atoms with van der Waals surface area (Å²) >= 11 is 0. The molecule has 250 valence electrons. The van der Waals surface area contributed by atoms with Crippen molar-refractivity contribution in [2.24, 2.45) is 5.92 Å². The van der Waals surface area contributed by atoms with Gasteiger partial charge in [0, 0.05) is 73.4 Å². The molecular weight excluding hydrogens is 626 g/mol. The van der Waals surface area contributed by atoms with Crippen LogP contribution in [0.25, 0.3) is 22.5 Å². The molecule has 0 spiro atoms. The number of rotatable bonds is 6. The van der Waals surface area contributed by atoms with Gasteiger partial charge in [0.25, 0.3) is 5.91 Å². The molecule has 17 heteroatoms. The van der Waals surface area contributed by atoms with Crippen LogP contribution in [0.4, 0.5) is 26.3 Å². The number of carbonyl (C=O) groups is 3. The molecule has 0 aromatic carbocycles. The molecule has 0 atom stereocenters. The van der Waals surface area contributed by atoms with E-state index in [1.807, 2.05) is 35.5 Å². The molecule has 1 aliphatic carbocycles. The molecule has 0 bridgehead atoms. The fourth-order valence-corrected chi connectivity index (χ4v) is 4.45. The van der Waals surface area contributed by atoms with Gasteiger partial charge in [0.05, 0.1) is 0 Å². The summed E-state index contributed by atoms with van der Waals surface area (Å²) < 4.78 is 65.6. The van der Waals surface area contributed by atoms with Crippen LogP contribution < -0.4 is 0 Å². The molecule has 1 saturated heterocycles. The van der Waals surface area contributed by atoms with Gasteiger partial charge in [0.2, 0.25) is 0 Å². The van der Waals surface area contributed by atoms with Gasteiger partial charge >= 0.3 is 24.3 Å². The molecule has 1 saturated carbocycles. The Morgan fingerprint density at radius 3 is 1.85 bits per heavy atom. The largest absolute Gasteiger partial charge is 0.490 e. The van der Waals surface area contributed by atoms with Gasteiger partial charge in [0.15, 0.2) is 5.82 Å². The molecule has 2 aliphatic rings. The first kappa shape index (κ1) is 35.9. The van der Waals surface area contributed by atoms with E-state index >= 15 is 0 Å². The second kappa shape index (κ2) is 15.2. The molecule has 0 unspecified atom stereocenters. The number of nitrogens with zero attached hydrogens (tertiary/aromatic N) is 6. The first-order chi connectivity index (χ1) is 21.5. The van der Waals surface area contributed by atoms with Crippen molar-refractivity contribution in [1.82, 2.24) is 29.3 Å². The average Bonchev–Trinajstić information content (AvgIpc) is 3.73. The van der Waals surface area contributed by atoms with E-state index in [9.17, 15) is 31.1 Å². The number of aliphatic carboxylic acids is 2. The Bertz CT molecular complexity index is 1440. The summed E-state index contributed by atoms with van der Waals surface area (Å²) in [6.45, 7) is 2.53. The molecular formula is C29H32F6N6O5. The lowest BCUT2D eigenvalue weighted by atomic mass is 10.0. The van der Waals surface area contributed by atoms with Crippen molar-refractivity contribution in [1.29, 1.82) is 0 Å². The van der Waals surface area contributed by atoms with Gasteiger partial charge in [-0.2, -0.15) is 26.3 Å². The van der Waals surface area contributed by atoms with Gasteiger partial charge in [-0.05, 0) is 63.9 Å². The van der Waals surface area contributed by atoms with Gasteiger partial charge in [-0.15, -0.1) is 0 Å². The highest BCUT2D eigenvalue weighted by Crippen LogP contribution is 2.33. The predicted octanol–water partition coefficient (Wildman–Crippen LogP) is 4.85. The summed E-state index contributed by atoms with van der Waals surface area (Å²) in [5.74, 6) is -4.04. The van der Waals surface area contributed by atoms with E-state index in [4.69, 9.17) is 19.8 Å². The predicted molar refractivity (Wildman–Crippen MR) is 151 cm³/mol. The number of carboxylic acid groups (broad SMARTS) is 2. The number of amides is 1. The minimum Gasteiger partial charge on any atom is -0.475 e. The maximum Gasteiger partial charge on any atom is 0.490 e. The quantitative estimate of drug-likeness (QED) is 0.356. The third kappa shape index (κ3) is 10.5. The summed E-state index contributed by atoms with van der Waals surface area (Å²) in [4.78, 5) is 48.7. The molecule has 3 aromatic heterocycles. The minimum atomic E-state index is -5.08. The molecule has 11 nitrogen and oxygen atoms in total. The van der Waals surface area contributed by atoms with Crippen LogP contribution in [0.1, 0.15) is 36.2 Å². The number of hydrogen-bond acceptors (Lipinski definition) is 7. The molecule has 46 heavy (non-hydrogen) atoms. The highest BCUT2D eigenvalue weighted by atomic mass is 19.4. The van der Waals surface area contributed by atoms with Gasteiger partial charge in [-0.3, -0.25) is 9.78 Å². The van der Waals surface area contributed by atoms with Crippen LogP contribution >= 0.6 is 0 Å². The van der Waals surface area contributed by atoms with E-state index in [1.165, 1.54) is 12.8 Å². The normalized spacial score (nSPS) is 15.4. The molecule has 1 amide bonds. The maximum atomic E-state index is 13.4. The van der Waals surface area contributed by atoms with Crippen molar-refractivity contribution in [3.8, 4) is 22.5 Å². The lowest BCUT2D eigenvalue weighted by molar-refractivity contribution is -0.193. The van der Waals surface area contributed by atoms with Crippen LogP contribution in [-0.4, -0.2) is 103 Å². The Morgan fingerprint density at radius 1 is 0.870 bits per heavy atom. The fraction of sp³-hybridized carbons (Fsp3) is 0.448. The van der Waals surface area contributed by atoms with Crippen molar-refractivity contribution in [2.45, 2.75) is 50.6 Å². The highest BCUT2D eigenvalue weighted by molar-refractivity contribution is 5.94. The smallest absolute Gasteiger partial charge is 0.475 e. The second-order valence-electron chi connectivity index (χ2n) is 10.8. The van der Waals surface area contributed by atoms with Gasteiger partial charge in [0.1, 0.15) is 5.69 Å². The number of piperidine rings is 1. The van der Waals surface area contributed by atoms with Crippen molar-refractivity contribution in [3.63, 3.8) is 0 Å². The van der Waals surface area contributed by atoms with E-state index in [1.54, 1.807) is 12.4 Å². The third-order valence-corrected chi connectivity index (χ3v) is 7.14. The molecule has 1 aliphatic heterocycles. The number of carbonyl (C=O) groups excluding carboxylic acids is 1. The summed E-state index contributed by atoms with van der Waals surface area (Å²) in [6.07, 6.45) is 3.65. The number of pyridine rings is 1. The van der Waals surface area contributed by atoms with E-state index in [2.05, 4.69) is 44.7 Å². The van der Waals surface area contributed by atoms with Crippen molar-refractivity contribution in [2.75, 3.05) is 27.2 Å². The monoisotopic (exact) mass is 658 g/mol. The second-order valence-corrected chi connectivity index (χ2v) is 10.8. The fourth-order valence-electron chi connectivity index (χ4n) is 4.45. The van der Waals surface area contributed by atoms with Crippen LogP contribution in [0, 0.1) is 5.92 Å². The molecule has 4 heterocycles. The van der Waals surface area contributed by atoms with Crippen molar-refractivity contribution >= 4 is 17.8 Å². The van der Waals surface area contributed by atoms with Crippen LogP contribution in [0.2, 0.25) is 0 Å². The number of likely N-dealkylation sites (tertiary alicyclic amines) is 1. The number of carboxylic acids is 2. The molecule has 2 fully saturated rings. The molecule has 2 N–H and O–H groups in total. The van der Waals surface area contributed by atoms with E-state index in [-0.39, 0.29) is 5.91 Å². The standard InChI is InChI=1S/C25H30N6O.2C2HF3O2/c1-29(2)22-7-10-30(11-8-22)25(32)23-12-20(17-31(23)16-18-5-6-18)21-14-27-24(28-15-21)19-4-3-9-26-13-19;2*3-2(4,5)1(6)7/h3-4,9,12-15,17-18,22H,5-8,10-11,16H2,1-2H3;2*(H,6,7). The summed E-state index contributed by atoms with van der Waals surface area (Å²) in [6, 6.07) is 6.41. The Morgan fingerprint density at radius 2 is 1.41 bits per heavy atom. The topological polar surface area (TPSA) is 142 Å². The Hall–Kier alpha value is -4.54. The lowest BCUT2D eigenvalue weighted by Gasteiger charge is -2.35. The van der Waals surface area contributed by atoms with Crippen LogP contribution in [0.15, 0.2) is 49.2 Å². The minimum absolute atomic E-state index is 0.141. The lowest BCUT2D eigenvalue weighted by Crippen LogP contribution is -2.44. The number of halogens is 6. The Kier molecular flexibility index (Phi) is 11.8. The average molecular weight is 659 g/mol. The SMILES string of the molecule is CN(C)C1CCN(C(=O)c2cc(-c3cnc(-c4cccnc4)nc3)cn2CC2CC2)CC1.O=C(O)C(F)(F)F.O=C(O)C(F)(F)F. The zero-order chi connectivity index (χ0) is 34.2. The zero-order valence-electron chi connectivity index (χ0n) is 24.8. The van der Waals surface area contributed by atoms with E-state index in [0.717, 1.165) is 54.9 Å². The van der Waals surface area contributed by atoms with Gasteiger partial charge < -0.3 is 24.6 Å². The van der Waals surface area contributed by atoms with E-state index < -0.39 is 24.3 Å². The van der Waals surface area contributed by atoms with E-state index in [0.29, 0.717) is 17.8 Å². The van der Waals surface area contributed by atoms with Crippen LogP contribution in [-0.2, 0) is 16.1 Å². The highest BCUT2D eigenvalue weighted by Gasteiger charge is 2.39. The zero-order valence-corrected chi connectivity index (χ0v) is 24.8. The first-order valence-electron chi connectivity index (χ1n) is 14.0. The Labute approximate surface area is 259 Å². The number of aromatic nitrogens is 4. The van der Waals surface area contributed by atoms with Crippen LogP contribution in [0.5, 0.6) is 0 Å².